The van der Waals surface area contributed by atoms with E-state index >= 15 is 0 Å². The molecule has 3 heterocycles. The van der Waals surface area contributed by atoms with Gasteiger partial charge in [-0.25, -0.2) is 4.79 Å². The summed E-state index contributed by atoms with van der Waals surface area (Å²) in [4.78, 5) is 37.0. The Morgan fingerprint density at radius 3 is 2.96 bits per heavy atom. The van der Waals surface area contributed by atoms with Crippen molar-refractivity contribution in [2.75, 3.05) is 5.32 Å². The first-order valence-electron chi connectivity index (χ1n) is 7.89. The van der Waals surface area contributed by atoms with Gasteiger partial charge < -0.3 is 19.9 Å². The van der Waals surface area contributed by atoms with Crippen molar-refractivity contribution in [3.05, 3.63) is 45.0 Å². The third-order valence-corrected chi connectivity index (χ3v) is 5.26. The maximum absolute atomic E-state index is 12.3. The Labute approximate surface area is 150 Å². The summed E-state index contributed by atoms with van der Waals surface area (Å²) in [6.07, 6.45) is 4.03. The molecule has 26 heavy (non-hydrogen) atoms. The summed E-state index contributed by atoms with van der Waals surface area (Å²) in [5.74, 6) is -1.59. The molecule has 0 spiro atoms. The largest absolute Gasteiger partial charge is 0.459 e. The predicted octanol–water partition coefficient (Wildman–Crippen LogP) is 1.38. The van der Waals surface area contributed by atoms with Gasteiger partial charge in [-0.05, 0) is 37.0 Å². The molecule has 3 aromatic rings. The van der Waals surface area contributed by atoms with Crippen molar-refractivity contribution < 1.29 is 18.4 Å². The first kappa shape index (κ1) is 16.3. The van der Waals surface area contributed by atoms with Crippen LogP contribution in [0.3, 0.4) is 0 Å². The lowest BCUT2D eigenvalue weighted by atomic mass is 10.1. The van der Waals surface area contributed by atoms with E-state index in [1.54, 1.807) is 12.1 Å². The highest BCUT2D eigenvalue weighted by Crippen LogP contribution is 2.38. The van der Waals surface area contributed by atoms with Gasteiger partial charge in [0.1, 0.15) is 11.5 Å². The fourth-order valence-electron chi connectivity index (χ4n) is 2.96. The molecule has 2 amide bonds. The molecule has 0 aromatic carbocycles. The van der Waals surface area contributed by atoms with Gasteiger partial charge in [-0.1, -0.05) is 0 Å². The van der Waals surface area contributed by atoms with Crippen LogP contribution in [0.5, 0.6) is 0 Å². The highest BCUT2D eigenvalue weighted by molar-refractivity contribution is 7.17. The number of hydrogen-bond donors (Lipinski definition) is 2. The Hall–Kier alpha value is -3.14. The van der Waals surface area contributed by atoms with Crippen molar-refractivity contribution in [3.63, 3.8) is 0 Å². The second kappa shape index (κ2) is 6.30. The third-order valence-electron chi connectivity index (χ3n) is 4.05. The maximum Gasteiger partial charge on any atom is 0.437 e. The van der Waals surface area contributed by atoms with Crippen molar-refractivity contribution in [2.24, 2.45) is 5.73 Å². The van der Waals surface area contributed by atoms with Crippen LogP contribution in [-0.4, -0.2) is 21.6 Å². The van der Waals surface area contributed by atoms with E-state index in [2.05, 4.69) is 10.4 Å². The van der Waals surface area contributed by atoms with Crippen LogP contribution in [-0.2, 0) is 24.2 Å². The molecule has 0 saturated heterocycles. The molecular weight excluding hydrogens is 360 g/mol. The lowest BCUT2D eigenvalue weighted by molar-refractivity contribution is -0.117. The number of hydrogen-bond acceptors (Lipinski definition) is 7. The fraction of sp³-hybridized carbons (Fsp3) is 0.250. The number of nitrogens with one attached hydrogen (secondary N) is 1. The number of carbonyl (C=O) groups is 2. The quantitative estimate of drug-likeness (QED) is 0.693. The van der Waals surface area contributed by atoms with Gasteiger partial charge in [0.2, 0.25) is 5.91 Å². The third kappa shape index (κ3) is 2.84. The van der Waals surface area contributed by atoms with E-state index < -0.39 is 17.6 Å². The number of thiophene rings is 1. The Morgan fingerprint density at radius 2 is 2.23 bits per heavy atom. The van der Waals surface area contributed by atoms with Crippen molar-refractivity contribution in [2.45, 2.75) is 25.8 Å². The smallest absolute Gasteiger partial charge is 0.437 e. The monoisotopic (exact) mass is 374 g/mol. The average Bonchev–Trinajstić information content (AvgIpc) is 3.31. The molecule has 1 aliphatic rings. The van der Waals surface area contributed by atoms with Crippen LogP contribution in [0.15, 0.2) is 32.0 Å². The molecule has 4 rings (SSSR count). The molecule has 10 heteroatoms. The summed E-state index contributed by atoms with van der Waals surface area (Å²) >= 11 is 1.34. The first-order valence-corrected chi connectivity index (χ1v) is 8.70. The van der Waals surface area contributed by atoms with E-state index in [9.17, 15) is 14.4 Å². The van der Waals surface area contributed by atoms with Gasteiger partial charge >= 0.3 is 5.76 Å². The molecule has 0 unspecified atom stereocenters. The van der Waals surface area contributed by atoms with Gasteiger partial charge in [0, 0.05) is 4.88 Å². The molecule has 3 aromatic heterocycles. The van der Waals surface area contributed by atoms with Gasteiger partial charge in [-0.3, -0.25) is 9.59 Å². The van der Waals surface area contributed by atoms with Crippen LogP contribution in [0.1, 0.15) is 27.2 Å². The van der Waals surface area contributed by atoms with Crippen molar-refractivity contribution in [3.8, 4) is 11.7 Å². The number of rotatable bonds is 5. The van der Waals surface area contributed by atoms with Crippen LogP contribution in [0.4, 0.5) is 5.00 Å². The summed E-state index contributed by atoms with van der Waals surface area (Å²) in [5.41, 5.74) is 6.74. The molecule has 1 aliphatic carbocycles. The SMILES string of the molecule is NC(=O)c1c(NC(=O)Cn2nc(-c3ccco3)oc2=O)sc2c1CCC2. The number of aryl methyl sites for hydroxylation is 1. The zero-order chi connectivity index (χ0) is 18.3. The van der Waals surface area contributed by atoms with E-state index in [-0.39, 0.29) is 18.2 Å². The first-order chi connectivity index (χ1) is 12.5. The van der Waals surface area contributed by atoms with E-state index in [4.69, 9.17) is 14.6 Å². The number of anilines is 1. The zero-order valence-electron chi connectivity index (χ0n) is 13.5. The van der Waals surface area contributed by atoms with Crippen molar-refractivity contribution in [1.82, 2.24) is 9.78 Å². The van der Waals surface area contributed by atoms with Gasteiger partial charge in [-0.15, -0.1) is 16.4 Å². The molecule has 0 saturated carbocycles. The Balaban J connectivity index is 1.54. The summed E-state index contributed by atoms with van der Waals surface area (Å²) in [7, 11) is 0. The van der Waals surface area contributed by atoms with Gasteiger partial charge in [0.05, 0.1) is 11.8 Å². The number of nitrogens with two attached hydrogens (primary N) is 1. The van der Waals surface area contributed by atoms with E-state index in [0.717, 1.165) is 34.4 Å². The van der Waals surface area contributed by atoms with E-state index in [1.807, 2.05) is 0 Å². The van der Waals surface area contributed by atoms with Crippen LogP contribution >= 0.6 is 11.3 Å². The van der Waals surface area contributed by atoms with E-state index in [1.165, 1.54) is 17.6 Å². The second-order valence-electron chi connectivity index (χ2n) is 5.78. The number of furan rings is 1. The highest BCUT2D eigenvalue weighted by Gasteiger charge is 2.26. The standard InChI is InChI=1S/C16H14N4O5S/c17-13(22)12-8-3-1-5-10(8)26-15(12)18-11(21)7-20-16(23)25-14(19-20)9-4-2-6-24-9/h2,4,6H,1,3,5,7H2,(H2,17,22)(H,18,21). The van der Waals surface area contributed by atoms with Crippen LogP contribution < -0.4 is 16.8 Å². The average molecular weight is 374 g/mol. The molecule has 0 aliphatic heterocycles. The number of primary amides is 1. The topological polar surface area (TPSA) is 133 Å². The number of amides is 2. The molecule has 9 nitrogen and oxygen atoms in total. The Kier molecular flexibility index (Phi) is 3.96. The van der Waals surface area contributed by atoms with Crippen LogP contribution in [0.25, 0.3) is 11.7 Å². The second-order valence-corrected chi connectivity index (χ2v) is 6.89. The lowest BCUT2D eigenvalue weighted by Crippen LogP contribution is -2.26. The van der Waals surface area contributed by atoms with Gasteiger partial charge in [-0.2, -0.15) is 4.68 Å². The lowest BCUT2D eigenvalue weighted by Gasteiger charge is -2.05. The number of nitrogens with zero attached hydrogens (tertiary/aromatic N) is 2. The zero-order valence-corrected chi connectivity index (χ0v) is 14.3. The molecule has 0 fully saturated rings. The molecule has 0 bridgehead atoms. The van der Waals surface area contributed by atoms with E-state index in [0.29, 0.717) is 10.6 Å². The van der Waals surface area contributed by atoms with Crippen LogP contribution in [0.2, 0.25) is 0 Å². The normalized spacial score (nSPS) is 12.9. The Morgan fingerprint density at radius 1 is 1.38 bits per heavy atom. The number of carbonyl (C=O) groups excluding carboxylic acids is 2. The summed E-state index contributed by atoms with van der Waals surface area (Å²) in [6, 6.07) is 3.21. The minimum Gasteiger partial charge on any atom is -0.459 e. The van der Waals surface area contributed by atoms with Gasteiger partial charge in [0.15, 0.2) is 5.76 Å². The predicted molar refractivity (Wildman–Crippen MR) is 92.0 cm³/mol. The molecular formula is C16H14N4O5S. The van der Waals surface area contributed by atoms with Gasteiger partial charge in [0.25, 0.3) is 11.8 Å². The summed E-state index contributed by atoms with van der Waals surface area (Å²) < 4.78 is 11.0. The minimum absolute atomic E-state index is 0.0132. The fourth-order valence-corrected chi connectivity index (χ4v) is 4.27. The Bertz CT molecular complexity index is 1040. The number of fused-ring (bicyclic) bond motifs is 1. The summed E-state index contributed by atoms with van der Waals surface area (Å²) in [6.45, 7) is -0.357. The molecule has 134 valence electrons. The molecule has 3 N–H and O–H groups in total. The highest BCUT2D eigenvalue weighted by atomic mass is 32.1. The van der Waals surface area contributed by atoms with Crippen molar-refractivity contribution in [1.29, 1.82) is 0 Å². The van der Waals surface area contributed by atoms with Crippen LogP contribution in [0, 0.1) is 0 Å². The summed E-state index contributed by atoms with van der Waals surface area (Å²) in [5, 5.41) is 7.00. The molecule has 0 atom stereocenters. The maximum atomic E-state index is 12.3. The minimum atomic E-state index is -0.782. The molecule has 0 radical (unpaired) electrons. The van der Waals surface area contributed by atoms with Crippen molar-refractivity contribution >= 4 is 28.2 Å². The number of aromatic nitrogens is 2.